The molecule has 0 bridgehead atoms. The van der Waals surface area contributed by atoms with Gasteiger partial charge in [0, 0.05) is 0 Å². The molecule has 0 unspecified atom stereocenters. The van der Waals surface area contributed by atoms with E-state index in [1.807, 2.05) is 13.8 Å². The minimum atomic E-state index is -1.20. The van der Waals surface area contributed by atoms with Crippen molar-refractivity contribution in [2.75, 3.05) is 0 Å². The number of carbonyl (C=O) groups is 1. The summed E-state index contributed by atoms with van der Waals surface area (Å²) in [4.78, 5) is 11.2. The fourth-order valence-corrected chi connectivity index (χ4v) is 1.94. The third-order valence-electron chi connectivity index (χ3n) is 2.85. The summed E-state index contributed by atoms with van der Waals surface area (Å²) in [5.41, 5.74) is 1.26. The van der Waals surface area contributed by atoms with Crippen LogP contribution in [0.5, 0.6) is 11.5 Å². The maximum atomic E-state index is 11.2. The molecule has 0 spiro atoms. The van der Waals surface area contributed by atoms with Gasteiger partial charge in [-0.2, -0.15) is 0 Å². The number of unbranched alkanes of at least 4 members (excludes halogenated alkanes) is 1. The fourth-order valence-electron chi connectivity index (χ4n) is 1.94. The highest BCUT2D eigenvalue weighted by molar-refractivity contribution is 5.94. The van der Waals surface area contributed by atoms with Gasteiger partial charge >= 0.3 is 5.97 Å². The van der Waals surface area contributed by atoms with Crippen molar-refractivity contribution in [3.63, 3.8) is 0 Å². The van der Waals surface area contributed by atoms with E-state index >= 15 is 0 Å². The van der Waals surface area contributed by atoms with E-state index in [-0.39, 0.29) is 11.3 Å². The van der Waals surface area contributed by atoms with Crippen LogP contribution < -0.4 is 0 Å². The van der Waals surface area contributed by atoms with Crippen LogP contribution in [0.15, 0.2) is 6.07 Å². The predicted molar refractivity (Wildman–Crippen MR) is 64.7 cm³/mol. The highest BCUT2D eigenvalue weighted by Crippen LogP contribution is 2.35. The number of carboxylic acid groups (broad SMARTS) is 1. The van der Waals surface area contributed by atoms with E-state index in [4.69, 9.17) is 5.11 Å². The lowest BCUT2D eigenvalue weighted by Crippen LogP contribution is -2.07. The van der Waals surface area contributed by atoms with Crippen LogP contribution in [-0.2, 0) is 12.8 Å². The third-order valence-corrected chi connectivity index (χ3v) is 2.85. The zero-order valence-corrected chi connectivity index (χ0v) is 10.2. The number of carboxylic acids is 1. The van der Waals surface area contributed by atoms with E-state index in [9.17, 15) is 15.0 Å². The molecule has 17 heavy (non-hydrogen) atoms. The molecule has 1 aromatic carbocycles. The molecule has 4 heteroatoms. The highest BCUT2D eigenvalue weighted by atomic mass is 16.4. The molecule has 94 valence electrons. The van der Waals surface area contributed by atoms with E-state index in [2.05, 4.69) is 0 Å². The van der Waals surface area contributed by atoms with Crippen LogP contribution in [0, 0.1) is 0 Å². The monoisotopic (exact) mass is 238 g/mol. The van der Waals surface area contributed by atoms with Gasteiger partial charge in [0.2, 0.25) is 0 Å². The normalized spacial score (nSPS) is 10.5. The van der Waals surface area contributed by atoms with Crippen molar-refractivity contribution in [2.24, 2.45) is 0 Å². The Morgan fingerprint density at radius 1 is 1.29 bits per heavy atom. The first-order chi connectivity index (χ1) is 8.02. The van der Waals surface area contributed by atoms with Crippen LogP contribution in [-0.4, -0.2) is 21.3 Å². The number of benzene rings is 1. The van der Waals surface area contributed by atoms with Crippen LogP contribution in [0.4, 0.5) is 0 Å². The van der Waals surface area contributed by atoms with Crippen molar-refractivity contribution < 1.29 is 20.1 Å². The average Bonchev–Trinajstić information content (AvgIpc) is 2.29. The lowest BCUT2D eigenvalue weighted by molar-refractivity contribution is 0.0691. The Morgan fingerprint density at radius 3 is 2.41 bits per heavy atom. The Morgan fingerprint density at radius 2 is 1.94 bits per heavy atom. The molecule has 0 heterocycles. The average molecular weight is 238 g/mol. The van der Waals surface area contributed by atoms with Crippen molar-refractivity contribution in [1.29, 1.82) is 0 Å². The number of phenols is 2. The van der Waals surface area contributed by atoms with E-state index < -0.39 is 11.7 Å². The molecule has 3 N–H and O–H groups in total. The van der Waals surface area contributed by atoms with Crippen molar-refractivity contribution in [3.8, 4) is 11.5 Å². The predicted octanol–water partition coefficient (Wildman–Crippen LogP) is 2.70. The molecule has 0 saturated heterocycles. The van der Waals surface area contributed by atoms with Gasteiger partial charge in [-0.1, -0.05) is 20.3 Å². The lowest BCUT2D eigenvalue weighted by Gasteiger charge is -2.14. The van der Waals surface area contributed by atoms with Crippen LogP contribution in [0.25, 0.3) is 0 Å². The molecule has 0 aliphatic carbocycles. The van der Waals surface area contributed by atoms with Gasteiger partial charge in [-0.25, -0.2) is 4.79 Å². The van der Waals surface area contributed by atoms with E-state index in [0.717, 1.165) is 18.4 Å². The van der Waals surface area contributed by atoms with Gasteiger partial charge in [0.05, 0.1) is 0 Å². The molecule has 4 nitrogen and oxygen atoms in total. The second-order valence-corrected chi connectivity index (χ2v) is 4.02. The molecule has 0 amide bonds. The zero-order valence-electron chi connectivity index (χ0n) is 10.2. The van der Waals surface area contributed by atoms with E-state index in [1.165, 1.54) is 6.07 Å². The standard InChI is InChI=1S/C13H18O4/c1-3-5-6-9-8(4-2)7-10(14)12(15)11(9)13(16)17/h7,14-15H,3-6H2,1-2H3,(H,16,17). The summed E-state index contributed by atoms with van der Waals surface area (Å²) in [5.74, 6) is -2.08. The lowest BCUT2D eigenvalue weighted by atomic mass is 9.93. The molecule has 0 saturated carbocycles. The molecule has 1 aromatic rings. The Labute approximate surface area is 101 Å². The summed E-state index contributed by atoms with van der Waals surface area (Å²) in [6, 6.07) is 1.45. The smallest absolute Gasteiger partial charge is 0.339 e. The molecular weight excluding hydrogens is 220 g/mol. The first kappa shape index (κ1) is 13.4. The highest BCUT2D eigenvalue weighted by Gasteiger charge is 2.21. The molecule has 0 fully saturated rings. The summed E-state index contributed by atoms with van der Waals surface area (Å²) in [6.07, 6.45) is 3.05. The molecule has 0 aromatic heterocycles. The summed E-state index contributed by atoms with van der Waals surface area (Å²) in [5, 5.41) is 28.3. The van der Waals surface area contributed by atoms with Crippen LogP contribution in [0.3, 0.4) is 0 Å². The Balaban J connectivity index is 3.39. The van der Waals surface area contributed by atoms with E-state index in [0.29, 0.717) is 18.4 Å². The number of aromatic carboxylic acids is 1. The van der Waals surface area contributed by atoms with Crippen molar-refractivity contribution in [1.82, 2.24) is 0 Å². The first-order valence-corrected chi connectivity index (χ1v) is 5.82. The Kier molecular flexibility index (Phi) is 4.37. The number of aryl methyl sites for hydroxylation is 1. The second-order valence-electron chi connectivity index (χ2n) is 4.02. The van der Waals surface area contributed by atoms with Gasteiger partial charge in [-0.3, -0.25) is 0 Å². The first-order valence-electron chi connectivity index (χ1n) is 5.82. The van der Waals surface area contributed by atoms with Crippen LogP contribution in [0.2, 0.25) is 0 Å². The van der Waals surface area contributed by atoms with Gasteiger partial charge in [0.15, 0.2) is 11.5 Å². The van der Waals surface area contributed by atoms with Gasteiger partial charge in [0.1, 0.15) is 5.56 Å². The number of phenolic OH excluding ortho intramolecular Hbond substituents is 1. The van der Waals surface area contributed by atoms with E-state index in [1.54, 1.807) is 0 Å². The largest absolute Gasteiger partial charge is 0.504 e. The second kappa shape index (κ2) is 5.57. The SMILES string of the molecule is CCCCc1c(CC)cc(O)c(O)c1C(=O)O. The maximum absolute atomic E-state index is 11.2. The third kappa shape index (κ3) is 2.70. The molecule has 0 aliphatic rings. The van der Waals surface area contributed by atoms with Crippen LogP contribution in [0.1, 0.15) is 48.2 Å². The molecule has 0 atom stereocenters. The minimum absolute atomic E-state index is 0.157. The number of aromatic hydroxyl groups is 2. The number of hydrogen-bond acceptors (Lipinski definition) is 3. The summed E-state index contributed by atoms with van der Waals surface area (Å²) in [7, 11) is 0. The van der Waals surface area contributed by atoms with Crippen molar-refractivity contribution in [2.45, 2.75) is 39.5 Å². The summed E-state index contributed by atoms with van der Waals surface area (Å²) < 4.78 is 0. The van der Waals surface area contributed by atoms with Crippen molar-refractivity contribution >= 4 is 5.97 Å². The molecule has 1 rings (SSSR count). The molecule has 0 aliphatic heterocycles. The molecule has 0 radical (unpaired) electrons. The Hall–Kier alpha value is -1.71. The zero-order chi connectivity index (χ0) is 13.0. The summed E-state index contributed by atoms with van der Waals surface area (Å²) >= 11 is 0. The van der Waals surface area contributed by atoms with Gasteiger partial charge in [-0.05, 0) is 36.5 Å². The summed E-state index contributed by atoms with van der Waals surface area (Å²) in [6.45, 7) is 3.92. The molecular formula is C13H18O4. The quantitative estimate of drug-likeness (QED) is 0.689. The minimum Gasteiger partial charge on any atom is -0.504 e. The number of hydrogen-bond donors (Lipinski definition) is 3. The van der Waals surface area contributed by atoms with Gasteiger partial charge in [-0.15, -0.1) is 0 Å². The Bertz CT molecular complexity index is 424. The fraction of sp³-hybridized carbons (Fsp3) is 0.462. The van der Waals surface area contributed by atoms with Crippen molar-refractivity contribution in [3.05, 3.63) is 22.8 Å². The van der Waals surface area contributed by atoms with Crippen LogP contribution >= 0.6 is 0 Å². The van der Waals surface area contributed by atoms with Gasteiger partial charge in [0.25, 0.3) is 0 Å². The maximum Gasteiger partial charge on any atom is 0.339 e. The van der Waals surface area contributed by atoms with Gasteiger partial charge < -0.3 is 15.3 Å². The topological polar surface area (TPSA) is 77.8 Å². The number of rotatable bonds is 5.